The number of hydrogen-bond donors (Lipinski definition) is 1. The van der Waals surface area contributed by atoms with Crippen LogP contribution in [0.5, 0.6) is 0 Å². The van der Waals surface area contributed by atoms with Crippen LogP contribution in [0.1, 0.15) is 31.1 Å². The van der Waals surface area contributed by atoms with E-state index in [1.54, 1.807) is 6.20 Å². The van der Waals surface area contributed by atoms with E-state index in [-0.39, 0.29) is 6.04 Å². The van der Waals surface area contributed by atoms with Gasteiger partial charge in [0.2, 0.25) is 0 Å². The number of likely N-dealkylation sites (N-methyl/N-ethyl adjacent to an activating group) is 1. The minimum absolute atomic E-state index is 0.161. The first kappa shape index (κ1) is 15.5. The van der Waals surface area contributed by atoms with Gasteiger partial charge in [0.25, 0.3) is 0 Å². The van der Waals surface area contributed by atoms with Crippen molar-refractivity contribution in [3.8, 4) is 0 Å². The highest BCUT2D eigenvalue weighted by molar-refractivity contribution is 9.10. The molecule has 0 bridgehead atoms. The zero-order valence-corrected chi connectivity index (χ0v) is 14.1. The third-order valence-corrected chi connectivity index (χ3v) is 4.36. The van der Waals surface area contributed by atoms with E-state index in [2.05, 4.69) is 58.4 Å². The maximum absolute atomic E-state index is 6.33. The van der Waals surface area contributed by atoms with Crippen molar-refractivity contribution in [3.63, 3.8) is 0 Å². The molecular weight excluding hydrogens is 338 g/mol. The number of halogens is 2. The summed E-state index contributed by atoms with van der Waals surface area (Å²) in [6.07, 6.45) is 2.60. The van der Waals surface area contributed by atoms with E-state index in [4.69, 9.17) is 11.6 Å². The third-order valence-electron chi connectivity index (χ3n) is 3.30. The van der Waals surface area contributed by atoms with Crippen LogP contribution in [0.4, 0.5) is 0 Å². The molecule has 3 nitrogen and oxygen atoms in total. The van der Waals surface area contributed by atoms with Crippen LogP contribution in [0.25, 0.3) is 0 Å². The van der Waals surface area contributed by atoms with Crippen LogP contribution in [0.3, 0.4) is 0 Å². The molecule has 1 aromatic heterocycles. The fourth-order valence-corrected chi connectivity index (χ4v) is 3.09. The first-order chi connectivity index (χ1) is 9.67. The van der Waals surface area contributed by atoms with Gasteiger partial charge < -0.3 is 5.32 Å². The molecule has 0 radical (unpaired) electrons. The largest absolute Gasteiger partial charge is 0.309 e. The lowest BCUT2D eigenvalue weighted by molar-refractivity contribution is 0.490. The van der Waals surface area contributed by atoms with E-state index in [1.165, 1.54) is 5.56 Å². The summed E-state index contributed by atoms with van der Waals surface area (Å²) < 4.78 is 3.09. The highest BCUT2D eigenvalue weighted by Gasteiger charge is 2.20. The van der Waals surface area contributed by atoms with Gasteiger partial charge in [-0.1, -0.05) is 52.7 Å². The van der Waals surface area contributed by atoms with Crippen LogP contribution < -0.4 is 5.32 Å². The summed E-state index contributed by atoms with van der Waals surface area (Å²) in [6, 6.07) is 8.45. The molecular formula is C15H19BrClN3. The molecule has 20 heavy (non-hydrogen) atoms. The second-order valence-corrected chi connectivity index (χ2v) is 5.86. The number of hydrogen-bond acceptors (Lipinski definition) is 2. The smallest absolute Gasteiger partial charge is 0.0834 e. The Labute approximate surface area is 133 Å². The molecule has 5 heteroatoms. The Bertz CT molecular complexity index is 568. The van der Waals surface area contributed by atoms with E-state index in [0.717, 1.165) is 34.7 Å². The lowest BCUT2D eigenvalue weighted by Gasteiger charge is -2.20. The molecule has 0 fully saturated rings. The van der Waals surface area contributed by atoms with Gasteiger partial charge in [0, 0.05) is 11.0 Å². The topological polar surface area (TPSA) is 29.9 Å². The minimum atomic E-state index is 0.161. The summed E-state index contributed by atoms with van der Waals surface area (Å²) in [6.45, 7) is 5.89. The number of aryl methyl sites for hydroxylation is 1. The third kappa shape index (κ3) is 3.43. The highest BCUT2D eigenvalue weighted by atomic mass is 79.9. The molecule has 0 aliphatic rings. The maximum Gasteiger partial charge on any atom is 0.0834 e. The summed E-state index contributed by atoms with van der Waals surface area (Å²) in [4.78, 5) is 0. The van der Waals surface area contributed by atoms with Crippen LogP contribution in [-0.4, -0.2) is 16.3 Å². The molecule has 1 N–H and O–H groups in total. The van der Waals surface area contributed by atoms with E-state index >= 15 is 0 Å². The first-order valence-corrected chi connectivity index (χ1v) is 8.02. The number of aromatic nitrogens is 2. The Hall–Kier alpha value is -0.840. The van der Waals surface area contributed by atoms with Crippen molar-refractivity contribution in [2.24, 2.45) is 0 Å². The molecule has 1 heterocycles. The molecule has 0 amide bonds. The average Bonchev–Trinajstić information content (AvgIpc) is 2.81. The van der Waals surface area contributed by atoms with Gasteiger partial charge in [-0.2, -0.15) is 5.10 Å². The molecule has 0 aliphatic carbocycles. The van der Waals surface area contributed by atoms with Crippen LogP contribution in [0, 0.1) is 0 Å². The molecule has 108 valence electrons. The molecule has 1 aromatic carbocycles. The summed E-state index contributed by atoms with van der Waals surface area (Å²) in [5.41, 5.74) is 2.32. The predicted octanol–water partition coefficient (Wildman–Crippen LogP) is 4.21. The molecule has 0 saturated carbocycles. The van der Waals surface area contributed by atoms with E-state index in [1.807, 2.05) is 10.7 Å². The number of benzene rings is 1. The monoisotopic (exact) mass is 355 g/mol. The molecule has 0 saturated heterocycles. The van der Waals surface area contributed by atoms with Gasteiger partial charge in [-0.25, -0.2) is 0 Å². The van der Waals surface area contributed by atoms with E-state index < -0.39 is 0 Å². The summed E-state index contributed by atoms with van der Waals surface area (Å²) in [5, 5.41) is 8.57. The maximum atomic E-state index is 6.33. The standard InChI is InChI=1S/C15H19BrClN3/c1-3-18-14(9-11-7-5-6-8-12(11)16)15-13(17)10-19-20(15)4-2/h5-8,10,14,18H,3-4,9H2,1-2H3. The van der Waals surface area contributed by atoms with Crippen molar-refractivity contribution in [1.29, 1.82) is 0 Å². The number of nitrogens with one attached hydrogen (secondary N) is 1. The van der Waals surface area contributed by atoms with Gasteiger partial charge in [0.05, 0.1) is 23.0 Å². The second-order valence-electron chi connectivity index (χ2n) is 4.60. The van der Waals surface area contributed by atoms with Gasteiger partial charge in [0.1, 0.15) is 0 Å². The van der Waals surface area contributed by atoms with Gasteiger partial charge in [-0.05, 0) is 31.5 Å². The Balaban J connectivity index is 2.32. The lowest BCUT2D eigenvalue weighted by Crippen LogP contribution is -2.26. The van der Waals surface area contributed by atoms with Gasteiger partial charge in [-0.15, -0.1) is 0 Å². The molecule has 2 aromatic rings. The normalized spacial score (nSPS) is 12.6. The van der Waals surface area contributed by atoms with Gasteiger partial charge >= 0.3 is 0 Å². The lowest BCUT2D eigenvalue weighted by atomic mass is 10.0. The van der Waals surface area contributed by atoms with Crippen molar-refractivity contribution >= 4 is 27.5 Å². The van der Waals surface area contributed by atoms with E-state index in [0.29, 0.717) is 0 Å². The molecule has 2 rings (SSSR count). The summed E-state index contributed by atoms with van der Waals surface area (Å²) >= 11 is 9.94. The molecule has 1 atom stereocenters. The van der Waals surface area contributed by atoms with Gasteiger partial charge in [-0.3, -0.25) is 4.68 Å². The molecule has 1 unspecified atom stereocenters. The summed E-state index contributed by atoms with van der Waals surface area (Å²) in [7, 11) is 0. The fourth-order valence-electron chi connectivity index (χ4n) is 2.37. The Kier molecular flexibility index (Phi) is 5.64. The van der Waals surface area contributed by atoms with Crippen LogP contribution in [0.15, 0.2) is 34.9 Å². The zero-order chi connectivity index (χ0) is 14.5. The van der Waals surface area contributed by atoms with Crippen molar-refractivity contribution in [3.05, 3.63) is 51.2 Å². The first-order valence-electron chi connectivity index (χ1n) is 6.85. The van der Waals surface area contributed by atoms with E-state index in [9.17, 15) is 0 Å². The SMILES string of the molecule is CCNC(Cc1ccccc1Br)c1c(Cl)cnn1CC. The average molecular weight is 357 g/mol. The van der Waals surface area contributed by atoms with Crippen molar-refractivity contribution < 1.29 is 0 Å². The second kappa shape index (κ2) is 7.25. The number of nitrogens with zero attached hydrogens (tertiary/aromatic N) is 2. The van der Waals surface area contributed by atoms with Crippen LogP contribution in [0.2, 0.25) is 5.02 Å². The van der Waals surface area contributed by atoms with Crippen molar-refractivity contribution in [2.75, 3.05) is 6.54 Å². The van der Waals surface area contributed by atoms with Crippen molar-refractivity contribution in [2.45, 2.75) is 32.9 Å². The van der Waals surface area contributed by atoms with Crippen molar-refractivity contribution in [1.82, 2.24) is 15.1 Å². The highest BCUT2D eigenvalue weighted by Crippen LogP contribution is 2.28. The Morgan fingerprint density at radius 3 is 2.75 bits per heavy atom. The number of rotatable bonds is 6. The fraction of sp³-hybridized carbons (Fsp3) is 0.400. The molecule has 0 aliphatic heterocycles. The molecule has 0 spiro atoms. The zero-order valence-electron chi connectivity index (χ0n) is 11.7. The van der Waals surface area contributed by atoms with Crippen LogP contribution in [-0.2, 0) is 13.0 Å². The van der Waals surface area contributed by atoms with Crippen LogP contribution >= 0.6 is 27.5 Å². The summed E-state index contributed by atoms with van der Waals surface area (Å²) in [5.74, 6) is 0. The minimum Gasteiger partial charge on any atom is -0.309 e. The van der Waals surface area contributed by atoms with Gasteiger partial charge in [0.15, 0.2) is 0 Å². The predicted molar refractivity (Wildman–Crippen MR) is 87.2 cm³/mol. The quantitative estimate of drug-likeness (QED) is 0.840. The Morgan fingerprint density at radius 2 is 2.10 bits per heavy atom. The Morgan fingerprint density at radius 1 is 1.35 bits per heavy atom.